The average molecular weight is 291 g/mol. The van der Waals surface area contributed by atoms with E-state index in [-0.39, 0.29) is 17.6 Å². The molecule has 0 bridgehead atoms. The summed E-state index contributed by atoms with van der Waals surface area (Å²) in [6, 6.07) is 3.64. The Bertz CT molecular complexity index is 590. The Balaban J connectivity index is 1.65. The van der Waals surface area contributed by atoms with Crippen molar-refractivity contribution in [3.8, 4) is 0 Å². The van der Waals surface area contributed by atoms with E-state index in [1.807, 2.05) is 13.1 Å². The summed E-state index contributed by atoms with van der Waals surface area (Å²) >= 11 is 0. The molecule has 21 heavy (non-hydrogen) atoms. The van der Waals surface area contributed by atoms with E-state index in [0.29, 0.717) is 26.3 Å². The van der Waals surface area contributed by atoms with Crippen molar-refractivity contribution in [1.82, 2.24) is 14.8 Å². The molecule has 6 nitrogen and oxygen atoms in total. The summed E-state index contributed by atoms with van der Waals surface area (Å²) in [5.74, 6) is 0. The molecule has 0 radical (unpaired) electrons. The Kier molecular flexibility index (Phi) is 3.96. The first-order valence-corrected chi connectivity index (χ1v) is 7.46. The minimum Gasteiger partial charge on any atom is -0.378 e. The van der Waals surface area contributed by atoms with E-state index < -0.39 is 0 Å². The maximum Gasteiger partial charge on any atom is 0.317 e. The predicted molar refractivity (Wildman–Crippen MR) is 78.4 cm³/mol. The number of rotatable bonds is 1. The van der Waals surface area contributed by atoms with Gasteiger partial charge in [-0.05, 0) is 24.8 Å². The van der Waals surface area contributed by atoms with Gasteiger partial charge in [-0.1, -0.05) is 6.07 Å². The number of hydrogen-bond donors (Lipinski definition) is 1. The van der Waals surface area contributed by atoms with Crippen molar-refractivity contribution >= 4 is 6.03 Å². The van der Waals surface area contributed by atoms with Crippen molar-refractivity contribution in [1.29, 1.82) is 0 Å². The van der Waals surface area contributed by atoms with Gasteiger partial charge in [0.2, 0.25) is 5.56 Å². The zero-order valence-electron chi connectivity index (χ0n) is 12.3. The summed E-state index contributed by atoms with van der Waals surface area (Å²) in [5.41, 5.74) is 2.29. The summed E-state index contributed by atoms with van der Waals surface area (Å²) < 4.78 is 6.97. The van der Waals surface area contributed by atoms with Gasteiger partial charge in [0.15, 0.2) is 0 Å². The second kappa shape index (κ2) is 5.89. The lowest BCUT2D eigenvalue weighted by Gasteiger charge is -2.31. The monoisotopic (exact) mass is 291 g/mol. The number of carbonyl (C=O) groups is 1. The molecular weight excluding hydrogens is 270 g/mol. The van der Waals surface area contributed by atoms with Crippen LogP contribution in [0.3, 0.4) is 0 Å². The third-order valence-corrected chi connectivity index (χ3v) is 4.36. The third-order valence-electron chi connectivity index (χ3n) is 4.36. The number of hydrogen-bond acceptors (Lipinski definition) is 3. The van der Waals surface area contributed by atoms with Crippen molar-refractivity contribution in [3.63, 3.8) is 0 Å². The number of aromatic nitrogens is 1. The molecule has 0 saturated carbocycles. The van der Waals surface area contributed by atoms with Crippen LogP contribution in [0.25, 0.3) is 0 Å². The topological polar surface area (TPSA) is 63.6 Å². The van der Waals surface area contributed by atoms with Crippen LogP contribution in [-0.4, -0.2) is 47.8 Å². The molecule has 0 spiro atoms. The van der Waals surface area contributed by atoms with Crippen LogP contribution in [0.15, 0.2) is 16.9 Å². The first kappa shape index (κ1) is 14.1. The van der Waals surface area contributed by atoms with Crippen molar-refractivity contribution < 1.29 is 9.53 Å². The first-order valence-electron chi connectivity index (χ1n) is 7.46. The quantitative estimate of drug-likeness (QED) is 0.808. The molecule has 1 aromatic rings. The fourth-order valence-corrected chi connectivity index (χ4v) is 3.08. The molecular formula is C15H21N3O3. The number of pyridine rings is 1. The Morgan fingerprint density at radius 3 is 2.86 bits per heavy atom. The highest BCUT2D eigenvalue weighted by atomic mass is 16.5. The molecule has 2 heterocycles. The van der Waals surface area contributed by atoms with E-state index >= 15 is 0 Å². The number of nitrogens with zero attached hydrogens (tertiary/aromatic N) is 2. The molecule has 1 atom stereocenters. The highest BCUT2D eigenvalue weighted by Gasteiger charge is 2.24. The second-order valence-electron chi connectivity index (χ2n) is 5.69. The van der Waals surface area contributed by atoms with Gasteiger partial charge in [0.05, 0.1) is 13.2 Å². The molecule has 2 aliphatic rings. The molecule has 3 rings (SSSR count). The van der Waals surface area contributed by atoms with E-state index in [4.69, 9.17) is 4.74 Å². The number of fused-ring (bicyclic) bond motifs is 1. The molecule has 1 aromatic heterocycles. The minimum absolute atomic E-state index is 0.00318. The number of carbonyl (C=O) groups excluding carboxylic acids is 1. The minimum atomic E-state index is -0.00318. The van der Waals surface area contributed by atoms with E-state index in [0.717, 1.165) is 30.5 Å². The van der Waals surface area contributed by atoms with Crippen LogP contribution in [0.2, 0.25) is 0 Å². The molecule has 0 aromatic carbocycles. The maximum absolute atomic E-state index is 12.2. The van der Waals surface area contributed by atoms with Crippen molar-refractivity contribution in [2.24, 2.45) is 7.05 Å². The number of ether oxygens (including phenoxy) is 1. The molecule has 6 heteroatoms. The Hall–Kier alpha value is -1.82. The van der Waals surface area contributed by atoms with E-state index in [2.05, 4.69) is 5.32 Å². The fourth-order valence-electron chi connectivity index (χ4n) is 3.08. The van der Waals surface area contributed by atoms with E-state index in [1.165, 1.54) is 0 Å². The maximum atomic E-state index is 12.2. The van der Waals surface area contributed by atoms with Crippen molar-refractivity contribution in [2.45, 2.75) is 25.3 Å². The summed E-state index contributed by atoms with van der Waals surface area (Å²) in [5, 5.41) is 3.11. The van der Waals surface area contributed by atoms with Crippen molar-refractivity contribution in [2.75, 3.05) is 26.3 Å². The van der Waals surface area contributed by atoms with E-state index in [1.54, 1.807) is 15.5 Å². The fraction of sp³-hybridized carbons (Fsp3) is 0.600. The highest BCUT2D eigenvalue weighted by molar-refractivity contribution is 5.74. The predicted octanol–water partition coefficient (Wildman–Crippen LogP) is 0.284. The lowest BCUT2D eigenvalue weighted by Crippen LogP contribution is -2.50. The first-order chi connectivity index (χ1) is 10.1. The second-order valence-corrected chi connectivity index (χ2v) is 5.69. The lowest BCUT2D eigenvalue weighted by atomic mass is 9.91. The molecule has 1 aliphatic carbocycles. The van der Waals surface area contributed by atoms with Gasteiger partial charge in [0.25, 0.3) is 0 Å². The molecule has 1 fully saturated rings. The third kappa shape index (κ3) is 2.95. The summed E-state index contributed by atoms with van der Waals surface area (Å²) in [6.07, 6.45) is 2.50. The van der Waals surface area contributed by atoms with Gasteiger partial charge >= 0.3 is 6.03 Å². The smallest absolute Gasteiger partial charge is 0.317 e. The van der Waals surface area contributed by atoms with Crippen LogP contribution in [0, 0.1) is 0 Å². The number of morpholine rings is 1. The van der Waals surface area contributed by atoms with Crippen LogP contribution in [-0.2, 0) is 24.6 Å². The summed E-state index contributed by atoms with van der Waals surface area (Å²) in [6.45, 7) is 2.54. The summed E-state index contributed by atoms with van der Waals surface area (Å²) in [4.78, 5) is 25.6. The standard InChI is InChI=1S/C15H21N3O3/c1-17-13-4-3-12(10-11(13)2-5-14(17)19)16-15(20)18-6-8-21-9-7-18/h2,5,12H,3-4,6-10H2,1H3,(H,16,20). The summed E-state index contributed by atoms with van der Waals surface area (Å²) in [7, 11) is 1.81. The van der Waals surface area contributed by atoms with Gasteiger partial charge in [-0.25, -0.2) is 4.79 Å². The van der Waals surface area contributed by atoms with Crippen molar-refractivity contribution in [3.05, 3.63) is 33.7 Å². The zero-order chi connectivity index (χ0) is 14.8. The number of amides is 2. The Morgan fingerprint density at radius 2 is 2.10 bits per heavy atom. The van der Waals surface area contributed by atoms with Gasteiger partial charge in [-0.3, -0.25) is 4.79 Å². The van der Waals surface area contributed by atoms with Gasteiger partial charge < -0.3 is 19.5 Å². The van der Waals surface area contributed by atoms with Crippen LogP contribution in [0.4, 0.5) is 4.79 Å². The van der Waals surface area contributed by atoms with Crippen LogP contribution >= 0.6 is 0 Å². The normalized spacial score (nSPS) is 21.8. The van der Waals surface area contributed by atoms with Gasteiger partial charge in [-0.15, -0.1) is 0 Å². The average Bonchev–Trinajstić information content (AvgIpc) is 2.52. The molecule has 2 amide bonds. The SMILES string of the molecule is Cn1c2c(ccc1=O)CC(NC(=O)N1CCOCC1)CC2. The molecule has 1 aliphatic heterocycles. The lowest BCUT2D eigenvalue weighted by molar-refractivity contribution is 0.0523. The van der Waals surface area contributed by atoms with Gasteiger partial charge in [0, 0.05) is 37.9 Å². The van der Waals surface area contributed by atoms with Gasteiger partial charge in [-0.2, -0.15) is 0 Å². The van der Waals surface area contributed by atoms with E-state index in [9.17, 15) is 9.59 Å². The molecule has 1 unspecified atom stereocenters. The number of urea groups is 1. The Morgan fingerprint density at radius 1 is 1.33 bits per heavy atom. The van der Waals surface area contributed by atoms with Crippen LogP contribution in [0.1, 0.15) is 17.7 Å². The van der Waals surface area contributed by atoms with Crippen LogP contribution < -0.4 is 10.9 Å². The van der Waals surface area contributed by atoms with Gasteiger partial charge in [0.1, 0.15) is 0 Å². The number of nitrogens with one attached hydrogen (secondary N) is 1. The molecule has 1 N–H and O–H groups in total. The molecule has 1 saturated heterocycles. The van der Waals surface area contributed by atoms with Crippen LogP contribution in [0.5, 0.6) is 0 Å². The molecule has 114 valence electrons. The highest BCUT2D eigenvalue weighted by Crippen LogP contribution is 2.19. The Labute approximate surface area is 123 Å². The largest absolute Gasteiger partial charge is 0.378 e. The zero-order valence-corrected chi connectivity index (χ0v) is 12.3.